The van der Waals surface area contributed by atoms with Crippen molar-refractivity contribution < 1.29 is 12.8 Å². The topological polar surface area (TPSA) is 89.8 Å². The maximum absolute atomic E-state index is 14.6. The van der Waals surface area contributed by atoms with Crippen molar-refractivity contribution in [1.82, 2.24) is 25.1 Å². The zero-order valence-corrected chi connectivity index (χ0v) is 17.5. The van der Waals surface area contributed by atoms with Crippen molar-refractivity contribution in [1.29, 1.82) is 0 Å². The molecule has 11 heteroatoms. The molecule has 2 aromatic heterocycles. The lowest BCUT2D eigenvalue weighted by atomic mass is 10.2. The third kappa shape index (κ3) is 4.14. The van der Waals surface area contributed by atoms with Crippen LogP contribution in [0.3, 0.4) is 0 Å². The SMILES string of the molecule is CS(=O)(=O)c1ccc(-n2ncc3c(SC4CCNCC4)ncnc32)c(F)c1.Cl. The quantitative estimate of drug-likeness (QED) is 0.620. The summed E-state index contributed by atoms with van der Waals surface area (Å²) in [6.07, 6.45) is 6.25. The highest BCUT2D eigenvalue weighted by Crippen LogP contribution is 2.32. The van der Waals surface area contributed by atoms with Crippen LogP contribution in [-0.2, 0) is 9.84 Å². The van der Waals surface area contributed by atoms with Crippen LogP contribution < -0.4 is 5.32 Å². The second kappa shape index (κ2) is 8.32. The third-order valence-corrected chi connectivity index (χ3v) is 6.93. The maximum Gasteiger partial charge on any atom is 0.175 e. The molecule has 7 nitrogen and oxygen atoms in total. The summed E-state index contributed by atoms with van der Waals surface area (Å²) in [5.74, 6) is -0.672. The molecule has 0 radical (unpaired) electrons. The highest BCUT2D eigenvalue weighted by molar-refractivity contribution is 8.00. The van der Waals surface area contributed by atoms with Crippen molar-refractivity contribution in [2.24, 2.45) is 0 Å². The molecule has 28 heavy (non-hydrogen) atoms. The molecule has 3 heterocycles. The zero-order chi connectivity index (χ0) is 19.0. The first-order valence-electron chi connectivity index (χ1n) is 8.49. The van der Waals surface area contributed by atoms with E-state index in [2.05, 4.69) is 20.4 Å². The van der Waals surface area contributed by atoms with Crippen molar-refractivity contribution in [3.63, 3.8) is 0 Å². The van der Waals surface area contributed by atoms with E-state index in [4.69, 9.17) is 0 Å². The second-order valence-electron chi connectivity index (χ2n) is 6.43. The van der Waals surface area contributed by atoms with Crippen LogP contribution in [0.5, 0.6) is 0 Å². The Morgan fingerprint density at radius 1 is 1.25 bits per heavy atom. The summed E-state index contributed by atoms with van der Waals surface area (Å²) in [5.41, 5.74) is 0.640. The summed E-state index contributed by atoms with van der Waals surface area (Å²) in [6.45, 7) is 1.98. The van der Waals surface area contributed by atoms with Crippen LogP contribution in [0.25, 0.3) is 16.7 Å². The number of hydrogen-bond donors (Lipinski definition) is 1. The van der Waals surface area contributed by atoms with Gasteiger partial charge in [0.1, 0.15) is 22.9 Å². The van der Waals surface area contributed by atoms with E-state index in [1.54, 1.807) is 18.0 Å². The molecule has 3 aromatic rings. The van der Waals surface area contributed by atoms with Gasteiger partial charge in [-0.15, -0.1) is 24.2 Å². The molecule has 1 saturated heterocycles. The van der Waals surface area contributed by atoms with Crippen LogP contribution in [0.1, 0.15) is 12.8 Å². The Bertz CT molecular complexity index is 1100. The number of rotatable bonds is 4. The Morgan fingerprint density at radius 2 is 2.00 bits per heavy atom. The van der Waals surface area contributed by atoms with Gasteiger partial charge in [-0.3, -0.25) is 0 Å². The molecular formula is C17H19ClFN5O2S2. The van der Waals surface area contributed by atoms with Crippen LogP contribution in [0.4, 0.5) is 4.39 Å². The second-order valence-corrected chi connectivity index (χ2v) is 9.73. The van der Waals surface area contributed by atoms with Crippen molar-refractivity contribution in [3.8, 4) is 5.69 Å². The lowest BCUT2D eigenvalue weighted by molar-refractivity contribution is 0.531. The predicted octanol–water partition coefficient (Wildman–Crippen LogP) is 2.62. The normalized spacial score (nSPS) is 15.5. The van der Waals surface area contributed by atoms with E-state index >= 15 is 0 Å². The number of hydrogen-bond acceptors (Lipinski definition) is 7. The predicted molar refractivity (Wildman–Crippen MR) is 109 cm³/mol. The molecule has 0 aliphatic carbocycles. The fourth-order valence-corrected chi connectivity index (χ4v) is 4.85. The minimum absolute atomic E-state index is 0. The Balaban J connectivity index is 0.00000225. The van der Waals surface area contributed by atoms with Gasteiger partial charge in [-0.2, -0.15) is 5.10 Å². The highest BCUT2D eigenvalue weighted by Gasteiger charge is 2.20. The van der Waals surface area contributed by atoms with Crippen molar-refractivity contribution >= 4 is 45.0 Å². The highest BCUT2D eigenvalue weighted by atomic mass is 35.5. The number of piperidine rings is 1. The molecule has 1 aliphatic heterocycles. The lowest BCUT2D eigenvalue weighted by Crippen LogP contribution is -2.29. The van der Waals surface area contributed by atoms with Gasteiger partial charge in [0.25, 0.3) is 0 Å². The molecular weight excluding hydrogens is 425 g/mol. The average Bonchev–Trinajstić information content (AvgIpc) is 3.07. The van der Waals surface area contributed by atoms with Gasteiger partial charge in [0.15, 0.2) is 15.5 Å². The number of sulfone groups is 1. The third-order valence-electron chi connectivity index (χ3n) is 4.47. The van der Waals surface area contributed by atoms with Gasteiger partial charge in [0.2, 0.25) is 0 Å². The molecule has 0 bridgehead atoms. The fourth-order valence-electron chi connectivity index (χ4n) is 3.05. The van der Waals surface area contributed by atoms with Gasteiger partial charge >= 0.3 is 0 Å². The number of fused-ring (bicyclic) bond motifs is 1. The summed E-state index contributed by atoms with van der Waals surface area (Å²) in [4.78, 5) is 8.57. The van der Waals surface area contributed by atoms with Gasteiger partial charge < -0.3 is 5.32 Å². The van der Waals surface area contributed by atoms with Crippen LogP contribution >= 0.6 is 24.2 Å². The number of aromatic nitrogens is 4. The summed E-state index contributed by atoms with van der Waals surface area (Å²) in [7, 11) is -3.48. The Morgan fingerprint density at radius 3 is 2.68 bits per heavy atom. The van der Waals surface area contributed by atoms with Crippen LogP contribution in [-0.4, -0.2) is 52.8 Å². The summed E-state index contributed by atoms with van der Waals surface area (Å²) in [6, 6.07) is 3.77. The number of halogens is 2. The van der Waals surface area contributed by atoms with Gasteiger partial charge in [-0.25, -0.2) is 27.5 Å². The number of thioether (sulfide) groups is 1. The number of nitrogens with one attached hydrogen (secondary N) is 1. The first kappa shape index (κ1) is 21.0. The van der Waals surface area contributed by atoms with E-state index in [-0.39, 0.29) is 23.0 Å². The van der Waals surface area contributed by atoms with E-state index in [1.165, 1.54) is 23.1 Å². The fraction of sp³-hybridized carbons (Fsp3) is 0.353. The van der Waals surface area contributed by atoms with E-state index < -0.39 is 15.7 Å². The lowest BCUT2D eigenvalue weighted by Gasteiger charge is -2.21. The molecule has 0 amide bonds. The van der Waals surface area contributed by atoms with E-state index in [9.17, 15) is 12.8 Å². The van der Waals surface area contributed by atoms with Gasteiger partial charge in [0, 0.05) is 11.5 Å². The Labute approximate surface area is 172 Å². The zero-order valence-electron chi connectivity index (χ0n) is 15.0. The average molecular weight is 444 g/mol. The molecule has 0 unspecified atom stereocenters. The van der Waals surface area contributed by atoms with Crippen LogP contribution in [0, 0.1) is 5.82 Å². The van der Waals surface area contributed by atoms with Gasteiger partial charge in [0.05, 0.1) is 16.5 Å². The molecule has 0 saturated carbocycles. The van der Waals surface area contributed by atoms with E-state index in [0.717, 1.165) is 48.7 Å². The van der Waals surface area contributed by atoms with Crippen LogP contribution in [0.15, 0.2) is 40.6 Å². The molecule has 1 fully saturated rings. The molecule has 0 atom stereocenters. The van der Waals surface area contributed by atoms with Crippen molar-refractivity contribution in [2.75, 3.05) is 19.3 Å². The minimum Gasteiger partial charge on any atom is -0.317 e. The summed E-state index contributed by atoms with van der Waals surface area (Å²) < 4.78 is 39.2. The molecule has 150 valence electrons. The standard InChI is InChI=1S/C17H18FN5O2S2.ClH/c1-27(24,25)12-2-3-15(14(18)8-12)23-16-13(9-22-23)17(21-10-20-16)26-11-4-6-19-7-5-11;/h2-3,8-11,19H,4-7H2,1H3;1H. The van der Waals surface area contributed by atoms with Gasteiger partial charge in [-0.05, 0) is 44.1 Å². The monoisotopic (exact) mass is 443 g/mol. The molecule has 1 aliphatic rings. The summed E-state index contributed by atoms with van der Waals surface area (Å²) in [5, 5.41) is 9.66. The van der Waals surface area contributed by atoms with Gasteiger partial charge in [-0.1, -0.05) is 0 Å². The maximum atomic E-state index is 14.6. The molecule has 4 rings (SSSR count). The van der Waals surface area contributed by atoms with E-state index in [0.29, 0.717) is 10.9 Å². The number of nitrogens with zero attached hydrogens (tertiary/aromatic N) is 4. The van der Waals surface area contributed by atoms with Crippen LogP contribution in [0.2, 0.25) is 0 Å². The first-order valence-corrected chi connectivity index (χ1v) is 11.3. The van der Waals surface area contributed by atoms with E-state index in [1.807, 2.05) is 0 Å². The Hall–Kier alpha value is -1.75. The van der Waals surface area contributed by atoms with Crippen molar-refractivity contribution in [2.45, 2.75) is 28.0 Å². The Kier molecular flexibility index (Phi) is 6.23. The first-order chi connectivity index (χ1) is 12.9. The molecule has 1 N–H and O–H groups in total. The summed E-state index contributed by atoms with van der Waals surface area (Å²) >= 11 is 1.70. The molecule has 0 spiro atoms. The largest absolute Gasteiger partial charge is 0.317 e. The van der Waals surface area contributed by atoms with Crippen molar-refractivity contribution in [3.05, 3.63) is 36.5 Å². The minimum atomic E-state index is -3.48. The smallest absolute Gasteiger partial charge is 0.175 e. The number of benzene rings is 1. The molecule has 1 aromatic carbocycles.